The molecule has 1 fully saturated rings. The number of methoxy groups -OCH3 is 1. The maximum absolute atomic E-state index is 5.42. The molecule has 1 rings (SSSR count). The average Bonchev–Trinajstić information content (AvgIpc) is 1.88. The van der Waals surface area contributed by atoms with Crippen LogP contribution in [-0.2, 0) is 9.47 Å². The highest BCUT2D eigenvalue weighted by Crippen LogP contribution is 2.02. The van der Waals surface area contributed by atoms with Crippen molar-refractivity contribution in [3.63, 3.8) is 0 Å². The van der Waals surface area contributed by atoms with Crippen molar-refractivity contribution in [1.29, 1.82) is 0 Å². The Morgan fingerprint density at radius 3 is 3.10 bits per heavy atom. The van der Waals surface area contributed by atoms with Crippen LogP contribution in [0.25, 0.3) is 0 Å². The summed E-state index contributed by atoms with van der Waals surface area (Å²) in [5, 5.41) is 0. The van der Waals surface area contributed by atoms with Crippen molar-refractivity contribution in [3.8, 4) is 0 Å². The van der Waals surface area contributed by atoms with Crippen LogP contribution in [0.4, 0.5) is 0 Å². The van der Waals surface area contributed by atoms with Crippen molar-refractivity contribution in [1.82, 2.24) is 4.90 Å². The van der Waals surface area contributed by atoms with Crippen LogP contribution < -0.4 is 0 Å². The lowest BCUT2D eigenvalue weighted by Crippen LogP contribution is -2.41. The van der Waals surface area contributed by atoms with Gasteiger partial charge in [-0.05, 0) is 7.05 Å². The summed E-state index contributed by atoms with van der Waals surface area (Å²) in [6.45, 7) is 3.59. The first-order chi connectivity index (χ1) is 4.83. The molecule has 0 radical (unpaired) electrons. The second-order valence-electron chi connectivity index (χ2n) is 2.71. The van der Waals surface area contributed by atoms with E-state index in [9.17, 15) is 0 Å². The van der Waals surface area contributed by atoms with Gasteiger partial charge in [0.25, 0.3) is 0 Å². The Hall–Kier alpha value is -0.120. The molecular weight excluding hydrogens is 130 g/mol. The summed E-state index contributed by atoms with van der Waals surface area (Å²) in [7, 11) is 3.81. The van der Waals surface area contributed by atoms with Crippen molar-refractivity contribution in [2.75, 3.05) is 40.5 Å². The highest BCUT2D eigenvalue weighted by atomic mass is 16.5. The van der Waals surface area contributed by atoms with Gasteiger partial charge in [0, 0.05) is 20.2 Å². The Labute approximate surface area is 61.9 Å². The molecule has 0 aliphatic carbocycles. The van der Waals surface area contributed by atoms with Gasteiger partial charge in [0.2, 0.25) is 0 Å². The zero-order valence-corrected chi connectivity index (χ0v) is 6.67. The van der Waals surface area contributed by atoms with Crippen LogP contribution in [0.3, 0.4) is 0 Å². The van der Waals surface area contributed by atoms with Gasteiger partial charge in [-0.1, -0.05) is 0 Å². The Bertz CT molecular complexity index is 95.6. The van der Waals surface area contributed by atoms with Crippen LogP contribution in [0, 0.1) is 0 Å². The summed E-state index contributed by atoms with van der Waals surface area (Å²) in [6.07, 6.45) is 0.281. The fourth-order valence-corrected chi connectivity index (χ4v) is 1.15. The zero-order valence-electron chi connectivity index (χ0n) is 6.67. The van der Waals surface area contributed by atoms with E-state index in [4.69, 9.17) is 9.47 Å². The van der Waals surface area contributed by atoms with Crippen LogP contribution in [0.15, 0.2) is 0 Å². The molecule has 3 nitrogen and oxygen atoms in total. The van der Waals surface area contributed by atoms with E-state index in [1.807, 2.05) is 0 Å². The van der Waals surface area contributed by atoms with Gasteiger partial charge >= 0.3 is 0 Å². The monoisotopic (exact) mass is 145 g/mol. The average molecular weight is 145 g/mol. The molecule has 0 aromatic rings. The minimum atomic E-state index is 0.281. The number of rotatable bonds is 2. The molecule has 0 aromatic carbocycles. The van der Waals surface area contributed by atoms with Crippen molar-refractivity contribution < 1.29 is 9.47 Å². The topological polar surface area (TPSA) is 21.7 Å². The smallest absolute Gasteiger partial charge is 0.0935 e. The summed E-state index contributed by atoms with van der Waals surface area (Å²) in [4.78, 5) is 2.26. The van der Waals surface area contributed by atoms with Gasteiger partial charge in [-0.2, -0.15) is 0 Å². The van der Waals surface area contributed by atoms with E-state index >= 15 is 0 Å². The molecule has 1 saturated heterocycles. The quantitative estimate of drug-likeness (QED) is 0.544. The molecule has 0 N–H and O–H groups in total. The normalized spacial score (nSPS) is 28.8. The second kappa shape index (κ2) is 3.91. The van der Waals surface area contributed by atoms with Crippen LogP contribution >= 0.6 is 0 Å². The fraction of sp³-hybridized carbons (Fsp3) is 1.00. The lowest BCUT2D eigenvalue weighted by atomic mass is 10.3. The first kappa shape index (κ1) is 7.98. The first-order valence-corrected chi connectivity index (χ1v) is 3.62. The van der Waals surface area contributed by atoms with Crippen LogP contribution in [0.5, 0.6) is 0 Å². The molecule has 0 bridgehead atoms. The van der Waals surface area contributed by atoms with Crippen LogP contribution in [-0.4, -0.2) is 51.5 Å². The van der Waals surface area contributed by atoms with E-state index in [1.165, 1.54) is 0 Å². The molecule has 1 heterocycles. The molecule has 1 aliphatic rings. The van der Waals surface area contributed by atoms with Gasteiger partial charge < -0.3 is 14.4 Å². The summed E-state index contributed by atoms with van der Waals surface area (Å²) in [6, 6.07) is 0. The molecule has 1 atom stereocenters. The molecule has 1 aliphatic heterocycles. The molecule has 0 aromatic heterocycles. The van der Waals surface area contributed by atoms with E-state index in [1.54, 1.807) is 7.11 Å². The van der Waals surface area contributed by atoms with Crippen molar-refractivity contribution in [2.24, 2.45) is 0 Å². The molecule has 0 amide bonds. The van der Waals surface area contributed by atoms with Gasteiger partial charge in [0.05, 0.1) is 19.3 Å². The van der Waals surface area contributed by atoms with Crippen molar-refractivity contribution >= 4 is 0 Å². The molecule has 10 heavy (non-hydrogen) atoms. The van der Waals surface area contributed by atoms with Crippen LogP contribution in [0.1, 0.15) is 0 Å². The number of hydrogen-bond donors (Lipinski definition) is 0. The number of likely N-dealkylation sites (N-methyl/N-ethyl adjacent to an activating group) is 1. The van der Waals surface area contributed by atoms with Crippen molar-refractivity contribution in [2.45, 2.75) is 6.10 Å². The van der Waals surface area contributed by atoms with Gasteiger partial charge in [-0.25, -0.2) is 0 Å². The van der Waals surface area contributed by atoms with E-state index < -0.39 is 0 Å². The molecule has 3 heteroatoms. The third-order valence-corrected chi connectivity index (χ3v) is 1.69. The van der Waals surface area contributed by atoms with Gasteiger partial charge in [-0.15, -0.1) is 0 Å². The predicted octanol–water partition coefficient (Wildman–Crippen LogP) is -0.0366. The Balaban J connectivity index is 2.18. The summed E-state index contributed by atoms with van der Waals surface area (Å²) in [5.41, 5.74) is 0. The van der Waals surface area contributed by atoms with Gasteiger partial charge in [-0.3, -0.25) is 0 Å². The highest BCUT2D eigenvalue weighted by molar-refractivity contribution is 4.67. The zero-order chi connectivity index (χ0) is 7.40. The molecule has 1 unspecified atom stereocenters. The third kappa shape index (κ3) is 2.25. The minimum Gasteiger partial charge on any atom is -0.382 e. The fourth-order valence-electron chi connectivity index (χ4n) is 1.15. The predicted molar refractivity (Wildman–Crippen MR) is 39.1 cm³/mol. The van der Waals surface area contributed by atoms with E-state index in [0.717, 1.165) is 19.7 Å². The maximum atomic E-state index is 5.42. The van der Waals surface area contributed by atoms with E-state index in [0.29, 0.717) is 6.61 Å². The second-order valence-corrected chi connectivity index (χ2v) is 2.71. The third-order valence-electron chi connectivity index (χ3n) is 1.69. The molecule has 0 saturated carbocycles. The molecule has 0 spiro atoms. The van der Waals surface area contributed by atoms with E-state index in [2.05, 4.69) is 11.9 Å². The highest BCUT2D eigenvalue weighted by Gasteiger charge is 2.16. The molecule has 60 valence electrons. The summed E-state index contributed by atoms with van der Waals surface area (Å²) < 4.78 is 10.4. The van der Waals surface area contributed by atoms with Gasteiger partial charge in [0.1, 0.15) is 0 Å². The minimum absolute atomic E-state index is 0.281. The number of nitrogens with zero attached hydrogens (tertiary/aromatic N) is 1. The Morgan fingerprint density at radius 1 is 1.70 bits per heavy atom. The number of hydrogen-bond acceptors (Lipinski definition) is 3. The number of morpholine rings is 1. The van der Waals surface area contributed by atoms with E-state index in [-0.39, 0.29) is 6.10 Å². The summed E-state index contributed by atoms with van der Waals surface area (Å²) in [5.74, 6) is 0. The van der Waals surface area contributed by atoms with Crippen LogP contribution in [0.2, 0.25) is 0 Å². The maximum Gasteiger partial charge on any atom is 0.0935 e. The van der Waals surface area contributed by atoms with Gasteiger partial charge in [0.15, 0.2) is 0 Å². The Kier molecular flexibility index (Phi) is 3.12. The lowest BCUT2D eigenvalue weighted by Gasteiger charge is -2.29. The summed E-state index contributed by atoms with van der Waals surface area (Å²) >= 11 is 0. The first-order valence-electron chi connectivity index (χ1n) is 3.62. The lowest BCUT2D eigenvalue weighted by molar-refractivity contribution is -0.0542. The SMILES string of the molecule is COCC1CN(C)CCO1. The number of ether oxygens (including phenoxy) is 2. The van der Waals surface area contributed by atoms with Crippen molar-refractivity contribution in [3.05, 3.63) is 0 Å². The largest absolute Gasteiger partial charge is 0.382 e. The Morgan fingerprint density at radius 2 is 2.50 bits per heavy atom. The molecular formula is C7H15NO2. The standard InChI is InChI=1S/C7H15NO2/c1-8-3-4-10-7(5-8)6-9-2/h7H,3-6H2,1-2H3.